The summed E-state index contributed by atoms with van der Waals surface area (Å²) in [5, 5.41) is 39.5. The Kier molecular flexibility index (Phi) is 6.30. The number of nitrogens with one attached hydrogen (secondary N) is 2. The summed E-state index contributed by atoms with van der Waals surface area (Å²) < 4.78 is 0. The number of H-pyrrole nitrogens is 2. The number of aromatic nitrogens is 4. The Labute approximate surface area is 236 Å². The van der Waals surface area contributed by atoms with Crippen molar-refractivity contribution >= 4 is 45.9 Å². The number of hydrogen-bond donors (Lipinski definition) is 6. The first-order chi connectivity index (χ1) is 20.1. The van der Waals surface area contributed by atoms with E-state index in [-0.39, 0.29) is 11.1 Å². The Morgan fingerprint density at radius 2 is 1.02 bits per heavy atom. The predicted molar refractivity (Wildman–Crippen MR) is 149 cm³/mol. The highest BCUT2D eigenvalue weighted by Crippen LogP contribution is 2.35. The largest absolute Gasteiger partial charge is 0.478 e. The molecule has 0 spiro atoms. The van der Waals surface area contributed by atoms with Gasteiger partial charge in [0.15, 0.2) is 0 Å². The average molecular weight is 567 g/mol. The molecule has 0 saturated heterocycles. The molecule has 0 fully saturated rings. The van der Waals surface area contributed by atoms with Gasteiger partial charge in [-0.2, -0.15) is 0 Å². The van der Waals surface area contributed by atoms with E-state index in [9.17, 15) is 39.6 Å². The van der Waals surface area contributed by atoms with Gasteiger partial charge in [-0.25, -0.2) is 19.2 Å². The number of fused-ring (bicyclic) bond motifs is 8. The number of rotatable bonds is 5. The molecule has 0 unspecified atom stereocenters. The third-order valence-electron chi connectivity index (χ3n) is 7.22. The molecule has 0 radical (unpaired) electrons. The maximum absolute atomic E-state index is 12.5. The van der Waals surface area contributed by atoms with Crippen LogP contribution in [0.2, 0.25) is 0 Å². The van der Waals surface area contributed by atoms with E-state index >= 15 is 0 Å². The van der Waals surface area contributed by atoms with E-state index in [0.717, 1.165) is 34.2 Å². The molecule has 1 aromatic carbocycles. The number of carboxylic acids is 4. The molecule has 6 rings (SSSR count). The summed E-state index contributed by atoms with van der Waals surface area (Å²) in [7, 11) is 0. The number of carboxylic acid groups (broad SMARTS) is 4. The molecule has 12 nitrogen and oxygen atoms in total. The molecule has 8 bridgehead atoms. The third kappa shape index (κ3) is 4.74. The molecule has 0 amide bonds. The number of hydrogen-bond acceptors (Lipinski definition) is 6. The normalized spacial score (nSPS) is 12.7. The van der Waals surface area contributed by atoms with Crippen molar-refractivity contribution in [2.24, 2.45) is 0 Å². The van der Waals surface area contributed by atoms with Crippen LogP contribution in [0, 0.1) is 0 Å². The molecule has 5 heterocycles. The van der Waals surface area contributed by atoms with Crippen molar-refractivity contribution in [2.75, 3.05) is 0 Å². The lowest BCUT2D eigenvalue weighted by Crippen LogP contribution is -2.20. The zero-order valence-electron chi connectivity index (χ0n) is 21.8. The summed E-state index contributed by atoms with van der Waals surface area (Å²) in [6.45, 7) is 0. The lowest BCUT2D eigenvalue weighted by molar-refractivity contribution is 0.0620. The minimum atomic E-state index is -1.88. The number of carbonyl (C=O) groups is 4. The van der Waals surface area contributed by atoms with E-state index < -0.39 is 46.1 Å². The van der Waals surface area contributed by atoms with Crippen LogP contribution in [0.1, 0.15) is 64.2 Å². The second-order valence-corrected chi connectivity index (χ2v) is 10.0. The Morgan fingerprint density at radius 1 is 0.524 bits per heavy atom. The summed E-state index contributed by atoms with van der Waals surface area (Å²) in [5.41, 5.74) is 1.71. The fourth-order valence-corrected chi connectivity index (χ4v) is 5.45. The van der Waals surface area contributed by atoms with Gasteiger partial charge in [-0.3, -0.25) is 9.97 Å². The summed E-state index contributed by atoms with van der Waals surface area (Å²) in [4.78, 5) is 64.7. The number of benzene rings is 1. The van der Waals surface area contributed by atoms with Gasteiger partial charge >= 0.3 is 23.9 Å². The lowest BCUT2D eigenvalue weighted by atomic mass is 9.88. The SMILES string of the molecule is O=C(O)c1cc(-c2cc3cc4nc(cc5ccc(cc6nc(cc2[nH]3)CC6)[nH]5)CC4)c(C(=O)O)c(C(=O)O)c1C(=O)O. The van der Waals surface area contributed by atoms with E-state index in [0.29, 0.717) is 42.4 Å². The van der Waals surface area contributed by atoms with E-state index in [4.69, 9.17) is 9.97 Å². The fourth-order valence-electron chi connectivity index (χ4n) is 5.45. The van der Waals surface area contributed by atoms with Gasteiger partial charge in [0.2, 0.25) is 0 Å². The van der Waals surface area contributed by atoms with E-state index in [1.165, 1.54) is 0 Å². The number of aryl methyl sites for hydroxylation is 4. The maximum Gasteiger partial charge on any atom is 0.337 e. The first-order valence-corrected chi connectivity index (χ1v) is 12.9. The minimum absolute atomic E-state index is 0.174. The second kappa shape index (κ2) is 10.0. The standard InChI is InChI=1S/C30H22N4O8/c35-27(36)22-12-21(24(28(37)38)26(30(41)42)25(22)29(39)40)20-10-19-9-17-4-3-15(32-17)7-13-1-2-14(31-13)8-16-5-6-18(33-16)11-23(20)34-19/h1-2,7-12,31,34H,3-6H2,(H,35,36)(H,37,38)(H,39,40)(H,41,42). The molecular formula is C30H22N4O8. The summed E-state index contributed by atoms with van der Waals surface area (Å²) >= 11 is 0. The Balaban J connectivity index is 1.73. The average Bonchev–Trinajstić information content (AvgIpc) is 3.72. The molecule has 42 heavy (non-hydrogen) atoms. The van der Waals surface area contributed by atoms with Crippen LogP contribution in [-0.4, -0.2) is 64.2 Å². The van der Waals surface area contributed by atoms with Gasteiger partial charge in [0.1, 0.15) is 0 Å². The van der Waals surface area contributed by atoms with Gasteiger partial charge in [0, 0.05) is 56.0 Å². The van der Waals surface area contributed by atoms with Crippen molar-refractivity contribution in [3.8, 4) is 11.1 Å². The van der Waals surface area contributed by atoms with Gasteiger partial charge in [0.05, 0.1) is 22.3 Å². The van der Waals surface area contributed by atoms with Gasteiger partial charge in [0.25, 0.3) is 0 Å². The Bertz CT molecular complexity index is 2020. The fraction of sp³-hybridized carbons (Fsp3) is 0.133. The topological polar surface area (TPSA) is 207 Å². The molecule has 0 saturated carbocycles. The van der Waals surface area contributed by atoms with Crippen LogP contribution in [0.5, 0.6) is 0 Å². The van der Waals surface area contributed by atoms with Crippen molar-refractivity contribution < 1.29 is 39.6 Å². The van der Waals surface area contributed by atoms with Crippen molar-refractivity contribution in [2.45, 2.75) is 25.7 Å². The molecule has 2 aliphatic rings. The van der Waals surface area contributed by atoms with Crippen LogP contribution in [0.15, 0.2) is 48.5 Å². The van der Waals surface area contributed by atoms with Crippen LogP contribution in [0.4, 0.5) is 0 Å². The van der Waals surface area contributed by atoms with Crippen LogP contribution in [0.3, 0.4) is 0 Å². The first kappa shape index (κ1) is 26.4. The minimum Gasteiger partial charge on any atom is -0.478 e. The zero-order chi connectivity index (χ0) is 29.7. The molecule has 0 aliphatic carbocycles. The lowest BCUT2D eigenvalue weighted by Gasteiger charge is -2.14. The number of aromatic amines is 2. The summed E-state index contributed by atoms with van der Waals surface area (Å²) in [6.07, 6.45) is 2.55. The third-order valence-corrected chi connectivity index (χ3v) is 7.22. The van der Waals surface area contributed by atoms with Crippen molar-refractivity contribution in [1.29, 1.82) is 0 Å². The molecule has 6 N–H and O–H groups in total. The molecule has 3 aromatic heterocycles. The van der Waals surface area contributed by atoms with Crippen LogP contribution < -0.4 is 0 Å². The van der Waals surface area contributed by atoms with Crippen molar-refractivity contribution in [3.05, 3.63) is 93.6 Å². The van der Waals surface area contributed by atoms with Gasteiger partial charge in [-0.1, -0.05) is 0 Å². The highest BCUT2D eigenvalue weighted by atomic mass is 16.4. The molecular weight excluding hydrogens is 544 g/mol. The smallest absolute Gasteiger partial charge is 0.337 e. The van der Waals surface area contributed by atoms with Crippen LogP contribution in [-0.2, 0) is 25.7 Å². The quantitative estimate of drug-likeness (QED) is 0.201. The van der Waals surface area contributed by atoms with Crippen molar-refractivity contribution in [3.63, 3.8) is 0 Å². The summed E-state index contributed by atoms with van der Waals surface area (Å²) in [6, 6.07) is 13.7. The van der Waals surface area contributed by atoms with E-state index in [2.05, 4.69) is 9.97 Å². The second-order valence-electron chi connectivity index (χ2n) is 10.0. The number of nitrogens with zero attached hydrogens (tertiary/aromatic N) is 2. The van der Waals surface area contributed by atoms with E-state index in [1.807, 2.05) is 24.3 Å². The van der Waals surface area contributed by atoms with Crippen molar-refractivity contribution in [1.82, 2.24) is 19.9 Å². The van der Waals surface area contributed by atoms with Gasteiger partial charge in [-0.05, 0) is 74.2 Å². The highest BCUT2D eigenvalue weighted by molar-refractivity contribution is 6.17. The Morgan fingerprint density at radius 3 is 1.52 bits per heavy atom. The predicted octanol–water partition coefficient (Wildman–Crippen LogP) is 4.35. The maximum atomic E-state index is 12.5. The van der Waals surface area contributed by atoms with Crippen LogP contribution >= 0.6 is 0 Å². The molecule has 210 valence electrons. The van der Waals surface area contributed by atoms with Gasteiger partial charge in [-0.15, -0.1) is 0 Å². The number of aromatic carboxylic acids is 4. The highest BCUT2D eigenvalue weighted by Gasteiger charge is 2.33. The zero-order valence-corrected chi connectivity index (χ0v) is 21.8. The van der Waals surface area contributed by atoms with Crippen LogP contribution in [0.25, 0.3) is 33.2 Å². The monoisotopic (exact) mass is 566 g/mol. The molecule has 2 aliphatic heterocycles. The van der Waals surface area contributed by atoms with Gasteiger partial charge < -0.3 is 30.4 Å². The molecule has 0 atom stereocenters. The molecule has 12 heteroatoms. The van der Waals surface area contributed by atoms with E-state index in [1.54, 1.807) is 18.2 Å². The summed E-state index contributed by atoms with van der Waals surface area (Å²) in [5.74, 6) is -7.19. The molecule has 4 aromatic rings. The first-order valence-electron chi connectivity index (χ1n) is 12.9. The Hall–Kier alpha value is -5.78.